The first-order valence-corrected chi connectivity index (χ1v) is 9.82. The molecule has 0 aliphatic rings. The molecule has 0 radical (unpaired) electrons. The van der Waals surface area contributed by atoms with Crippen molar-refractivity contribution in [1.29, 1.82) is 0 Å². The van der Waals surface area contributed by atoms with Crippen LogP contribution in [0.4, 0.5) is 5.69 Å². The minimum atomic E-state index is 0. The van der Waals surface area contributed by atoms with Gasteiger partial charge in [-0.3, -0.25) is 4.57 Å². The molecule has 0 aliphatic heterocycles. The first-order chi connectivity index (χ1) is 13.3. The molecule has 0 bridgehead atoms. The highest BCUT2D eigenvalue weighted by Gasteiger charge is 2.10. The van der Waals surface area contributed by atoms with Crippen molar-refractivity contribution in [2.75, 3.05) is 6.61 Å². The van der Waals surface area contributed by atoms with Gasteiger partial charge in [0, 0.05) is 11.1 Å². The quantitative estimate of drug-likeness (QED) is 0.343. The van der Waals surface area contributed by atoms with Gasteiger partial charge in [-0.25, -0.2) is 4.99 Å². The van der Waals surface area contributed by atoms with E-state index in [1.807, 2.05) is 67.6 Å². The summed E-state index contributed by atoms with van der Waals surface area (Å²) >= 11 is 1.64. The molecule has 0 amide bonds. The van der Waals surface area contributed by atoms with Crippen LogP contribution >= 0.6 is 28.3 Å². The fourth-order valence-corrected chi connectivity index (χ4v) is 3.84. The number of aromatic nitrogens is 1. The van der Waals surface area contributed by atoms with E-state index in [9.17, 15) is 0 Å². The summed E-state index contributed by atoms with van der Waals surface area (Å²) in [5, 5.41) is 2.16. The number of nitrogens with zero attached hydrogens (tertiary/aromatic N) is 2. The van der Waals surface area contributed by atoms with Crippen molar-refractivity contribution >= 4 is 34.0 Å². The lowest BCUT2D eigenvalue weighted by atomic mass is 10.1. The van der Waals surface area contributed by atoms with Gasteiger partial charge < -0.3 is 4.74 Å². The highest BCUT2D eigenvalue weighted by molar-refractivity contribution is 8.93. The summed E-state index contributed by atoms with van der Waals surface area (Å²) in [5.41, 5.74) is 4.29. The van der Waals surface area contributed by atoms with Gasteiger partial charge in [0.1, 0.15) is 5.75 Å². The summed E-state index contributed by atoms with van der Waals surface area (Å²) in [6.07, 6.45) is 0. The van der Waals surface area contributed by atoms with E-state index < -0.39 is 0 Å². The molecule has 0 fully saturated rings. The lowest BCUT2D eigenvalue weighted by Gasteiger charge is -2.10. The maximum Gasteiger partial charge on any atom is 0.195 e. The van der Waals surface area contributed by atoms with Crippen molar-refractivity contribution in [3.05, 3.63) is 95.1 Å². The van der Waals surface area contributed by atoms with E-state index in [1.54, 1.807) is 11.3 Å². The molecule has 28 heavy (non-hydrogen) atoms. The van der Waals surface area contributed by atoms with Crippen LogP contribution in [0.2, 0.25) is 0 Å². The summed E-state index contributed by atoms with van der Waals surface area (Å²) in [6, 6.07) is 28.6. The zero-order chi connectivity index (χ0) is 18.5. The van der Waals surface area contributed by atoms with E-state index in [0.717, 1.165) is 33.2 Å². The largest absolute Gasteiger partial charge is 0.494 e. The van der Waals surface area contributed by atoms with Gasteiger partial charge >= 0.3 is 0 Å². The van der Waals surface area contributed by atoms with E-state index in [1.165, 1.54) is 0 Å². The molecule has 3 nitrogen and oxygen atoms in total. The average Bonchev–Trinajstić information content (AvgIpc) is 3.14. The Morgan fingerprint density at radius 3 is 2.14 bits per heavy atom. The zero-order valence-electron chi connectivity index (χ0n) is 15.5. The van der Waals surface area contributed by atoms with Gasteiger partial charge in [0.05, 0.1) is 18.0 Å². The van der Waals surface area contributed by atoms with E-state index in [4.69, 9.17) is 9.73 Å². The van der Waals surface area contributed by atoms with Crippen LogP contribution in [0.15, 0.2) is 95.3 Å². The van der Waals surface area contributed by atoms with Crippen LogP contribution in [0.5, 0.6) is 5.75 Å². The second-order valence-corrected chi connectivity index (χ2v) is 6.82. The molecule has 0 saturated heterocycles. The number of hydrogen-bond donors (Lipinski definition) is 0. The smallest absolute Gasteiger partial charge is 0.195 e. The van der Waals surface area contributed by atoms with Crippen molar-refractivity contribution in [2.24, 2.45) is 4.99 Å². The summed E-state index contributed by atoms with van der Waals surface area (Å²) < 4.78 is 7.77. The Kier molecular flexibility index (Phi) is 6.85. The molecular weight excluding hydrogens is 432 g/mol. The van der Waals surface area contributed by atoms with Crippen LogP contribution in [-0.2, 0) is 0 Å². The zero-order valence-corrected chi connectivity index (χ0v) is 18.0. The second kappa shape index (κ2) is 9.53. The average molecular weight is 453 g/mol. The number of para-hydroxylation sites is 2. The van der Waals surface area contributed by atoms with Gasteiger partial charge in [-0.15, -0.1) is 28.3 Å². The van der Waals surface area contributed by atoms with Crippen molar-refractivity contribution in [1.82, 2.24) is 4.57 Å². The Morgan fingerprint density at radius 2 is 1.50 bits per heavy atom. The molecule has 142 valence electrons. The third-order valence-electron chi connectivity index (χ3n) is 4.16. The van der Waals surface area contributed by atoms with Crippen molar-refractivity contribution in [3.63, 3.8) is 0 Å². The van der Waals surface area contributed by atoms with Crippen molar-refractivity contribution in [3.8, 4) is 22.7 Å². The van der Waals surface area contributed by atoms with Gasteiger partial charge in [0.25, 0.3) is 0 Å². The third-order valence-corrected chi connectivity index (χ3v) is 4.99. The minimum Gasteiger partial charge on any atom is -0.494 e. The molecular formula is C23H21BrN2OS. The molecule has 1 heterocycles. The van der Waals surface area contributed by atoms with Gasteiger partial charge in [0.15, 0.2) is 4.80 Å². The molecule has 5 heteroatoms. The molecule has 4 rings (SSSR count). The van der Waals surface area contributed by atoms with E-state index >= 15 is 0 Å². The molecule has 0 atom stereocenters. The Hall–Kier alpha value is -2.63. The lowest BCUT2D eigenvalue weighted by molar-refractivity contribution is 0.340. The van der Waals surface area contributed by atoms with Crippen molar-refractivity contribution in [2.45, 2.75) is 6.92 Å². The Morgan fingerprint density at radius 1 is 0.857 bits per heavy atom. The molecule has 1 aromatic heterocycles. The van der Waals surface area contributed by atoms with Gasteiger partial charge in [0.2, 0.25) is 0 Å². The maximum atomic E-state index is 5.57. The van der Waals surface area contributed by atoms with Crippen LogP contribution in [-0.4, -0.2) is 11.2 Å². The second-order valence-electron chi connectivity index (χ2n) is 5.98. The Labute approximate surface area is 179 Å². The summed E-state index contributed by atoms with van der Waals surface area (Å²) in [5.74, 6) is 0.886. The van der Waals surface area contributed by atoms with Crippen LogP contribution in [0.25, 0.3) is 16.9 Å². The highest BCUT2D eigenvalue weighted by Crippen LogP contribution is 2.26. The monoisotopic (exact) mass is 452 g/mol. The first kappa shape index (κ1) is 20.1. The topological polar surface area (TPSA) is 26.5 Å². The predicted octanol–water partition coefficient (Wildman–Crippen LogP) is 6.41. The van der Waals surface area contributed by atoms with Crippen LogP contribution in [0, 0.1) is 0 Å². The number of halogens is 1. The van der Waals surface area contributed by atoms with Gasteiger partial charge in [-0.05, 0) is 61.0 Å². The SMILES string of the molecule is Br.CCOc1ccc(-c2csc(=Nc3ccccc3)n2-c2ccccc2)cc1. The highest BCUT2D eigenvalue weighted by atomic mass is 79.9. The Balaban J connectivity index is 0.00000225. The normalized spacial score (nSPS) is 11.1. The molecule has 0 saturated carbocycles. The molecule has 0 unspecified atom stereocenters. The van der Waals surface area contributed by atoms with E-state index in [2.05, 4.69) is 34.2 Å². The van der Waals surface area contributed by atoms with Crippen LogP contribution < -0.4 is 9.54 Å². The molecule has 0 spiro atoms. The van der Waals surface area contributed by atoms with Gasteiger partial charge in [-0.2, -0.15) is 0 Å². The molecule has 3 aromatic carbocycles. The van der Waals surface area contributed by atoms with Gasteiger partial charge in [-0.1, -0.05) is 36.4 Å². The summed E-state index contributed by atoms with van der Waals surface area (Å²) in [6.45, 7) is 2.66. The number of rotatable bonds is 5. The number of hydrogen-bond acceptors (Lipinski definition) is 3. The van der Waals surface area contributed by atoms with Crippen molar-refractivity contribution < 1.29 is 4.74 Å². The predicted molar refractivity (Wildman–Crippen MR) is 122 cm³/mol. The third kappa shape index (κ3) is 4.43. The maximum absolute atomic E-state index is 5.57. The first-order valence-electron chi connectivity index (χ1n) is 8.94. The Bertz CT molecular complexity index is 1070. The fraction of sp³-hybridized carbons (Fsp3) is 0.0870. The minimum absolute atomic E-state index is 0. The lowest BCUT2D eigenvalue weighted by Crippen LogP contribution is -2.13. The van der Waals surface area contributed by atoms with E-state index in [0.29, 0.717) is 6.61 Å². The number of ether oxygens (including phenoxy) is 1. The summed E-state index contributed by atoms with van der Waals surface area (Å²) in [4.78, 5) is 5.81. The molecule has 4 aromatic rings. The van der Waals surface area contributed by atoms with E-state index in [-0.39, 0.29) is 17.0 Å². The van der Waals surface area contributed by atoms with Crippen LogP contribution in [0.3, 0.4) is 0 Å². The summed E-state index contributed by atoms with van der Waals surface area (Å²) in [7, 11) is 0. The number of thiazole rings is 1. The standard InChI is InChI=1S/C23H20N2OS.BrH/c1-2-26-21-15-13-18(14-16-21)22-17-27-23(24-19-9-5-3-6-10-19)25(22)20-11-7-4-8-12-20;/h3-17H,2H2,1H3;1H. The molecule has 0 aliphatic carbocycles. The fourth-order valence-electron chi connectivity index (χ4n) is 2.92. The molecule has 0 N–H and O–H groups in total. The van der Waals surface area contributed by atoms with Crippen LogP contribution in [0.1, 0.15) is 6.92 Å². The number of benzene rings is 3.